The molecule has 0 aliphatic rings. The van der Waals surface area contributed by atoms with Crippen LogP contribution in [-0.4, -0.2) is 11.1 Å². The number of amides is 1. The highest BCUT2D eigenvalue weighted by molar-refractivity contribution is 6.40. The molecule has 4 rings (SSSR count). The Hall–Kier alpha value is -3.08. The third kappa shape index (κ3) is 3.79. The largest absolute Gasteiger partial charge is 0.354 e. The zero-order valence-electron chi connectivity index (χ0n) is 14.5. The lowest BCUT2D eigenvalue weighted by atomic mass is 10.0. The van der Waals surface area contributed by atoms with E-state index in [4.69, 9.17) is 27.7 Å². The van der Waals surface area contributed by atoms with Gasteiger partial charge >= 0.3 is 0 Å². The highest BCUT2D eigenvalue weighted by atomic mass is 35.5. The van der Waals surface area contributed by atoms with Crippen LogP contribution in [0.1, 0.15) is 10.4 Å². The van der Waals surface area contributed by atoms with Crippen molar-refractivity contribution in [1.29, 1.82) is 0 Å². The molecule has 0 saturated heterocycles. The number of halogens is 2. The number of nitrogens with one attached hydrogen (secondary N) is 1. The van der Waals surface area contributed by atoms with Gasteiger partial charge in [0.1, 0.15) is 0 Å². The lowest BCUT2D eigenvalue weighted by molar-refractivity contribution is 0.102. The average Bonchev–Trinajstić information content (AvgIpc) is 3.17. The lowest BCUT2D eigenvalue weighted by Crippen LogP contribution is -2.13. The molecule has 0 bridgehead atoms. The van der Waals surface area contributed by atoms with Crippen molar-refractivity contribution in [2.24, 2.45) is 0 Å². The summed E-state index contributed by atoms with van der Waals surface area (Å²) >= 11 is 12.1. The first-order valence-corrected chi connectivity index (χ1v) is 9.25. The summed E-state index contributed by atoms with van der Waals surface area (Å²) in [6, 6.07) is 24.5. The third-order valence-corrected chi connectivity index (χ3v) is 4.85. The van der Waals surface area contributed by atoms with E-state index in [9.17, 15) is 4.79 Å². The van der Waals surface area contributed by atoms with E-state index in [1.807, 2.05) is 42.5 Å². The molecule has 1 N–H and O–H groups in total. The molecular formula is C22H14Cl2N2O2. The van der Waals surface area contributed by atoms with E-state index in [2.05, 4.69) is 22.6 Å². The van der Waals surface area contributed by atoms with Gasteiger partial charge in [0.25, 0.3) is 5.91 Å². The van der Waals surface area contributed by atoms with Crippen molar-refractivity contribution in [2.45, 2.75) is 0 Å². The van der Waals surface area contributed by atoms with Gasteiger partial charge in [-0.05, 0) is 23.3 Å². The molecule has 3 aromatic carbocycles. The maximum absolute atomic E-state index is 12.4. The van der Waals surface area contributed by atoms with E-state index in [-0.39, 0.29) is 21.4 Å². The van der Waals surface area contributed by atoms with Gasteiger partial charge in [-0.1, -0.05) is 89.0 Å². The number of hydrogen-bond donors (Lipinski definition) is 1. The number of carbonyl (C=O) groups is 1. The Kier molecular flexibility index (Phi) is 5.15. The predicted molar refractivity (Wildman–Crippen MR) is 112 cm³/mol. The first kappa shape index (κ1) is 18.3. The van der Waals surface area contributed by atoms with Gasteiger partial charge in [-0.15, -0.1) is 0 Å². The molecule has 138 valence electrons. The van der Waals surface area contributed by atoms with Gasteiger partial charge in [0.15, 0.2) is 11.6 Å². The molecule has 0 spiro atoms. The maximum atomic E-state index is 12.4. The fourth-order valence-electron chi connectivity index (χ4n) is 2.82. The van der Waals surface area contributed by atoms with E-state index in [1.165, 1.54) is 0 Å². The molecule has 4 aromatic rings. The Morgan fingerprint density at radius 2 is 1.39 bits per heavy atom. The Morgan fingerprint density at radius 1 is 0.786 bits per heavy atom. The van der Waals surface area contributed by atoms with Gasteiger partial charge < -0.3 is 9.84 Å². The van der Waals surface area contributed by atoms with Crippen molar-refractivity contribution in [2.75, 3.05) is 5.32 Å². The Morgan fingerprint density at radius 3 is 2.07 bits per heavy atom. The molecule has 1 heterocycles. The van der Waals surface area contributed by atoms with Gasteiger partial charge in [0.2, 0.25) is 0 Å². The number of anilines is 1. The second-order valence-corrected chi connectivity index (χ2v) is 6.88. The zero-order valence-corrected chi connectivity index (χ0v) is 16.0. The third-order valence-electron chi connectivity index (χ3n) is 4.22. The summed E-state index contributed by atoms with van der Waals surface area (Å²) in [4.78, 5) is 12.4. The number of carbonyl (C=O) groups excluding carboxylic acids is 1. The normalized spacial score (nSPS) is 10.6. The minimum absolute atomic E-state index is 0.197. The van der Waals surface area contributed by atoms with Crippen LogP contribution in [0.25, 0.3) is 22.5 Å². The van der Waals surface area contributed by atoms with Crippen LogP contribution in [0, 0.1) is 0 Å². The molecule has 0 unspecified atom stereocenters. The quantitative estimate of drug-likeness (QED) is 0.415. The van der Waals surface area contributed by atoms with Crippen molar-refractivity contribution in [1.82, 2.24) is 5.16 Å². The minimum Gasteiger partial charge on any atom is -0.354 e. The van der Waals surface area contributed by atoms with E-state index >= 15 is 0 Å². The second kappa shape index (κ2) is 7.89. The number of rotatable bonds is 4. The van der Waals surface area contributed by atoms with Crippen LogP contribution < -0.4 is 5.32 Å². The Bertz CT molecular complexity index is 1100. The van der Waals surface area contributed by atoms with E-state index in [0.29, 0.717) is 5.76 Å². The average molecular weight is 409 g/mol. The second-order valence-electron chi connectivity index (χ2n) is 6.07. The highest BCUT2D eigenvalue weighted by Crippen LogP contribution is 2.28. The summed E-state index contributed by atoms with van der Waals surface area (Å²) in [5.41, 5.74) is 3.29. The smallest absolute Gasteiger partial charge is 0.259 e. The van der Waals surface area contributed by atoms with Crippen LogP contribution in [0.2, 0.25) is 10.0 Å². The lowest BCUT2D eigenvalue weighted by Gasteiger charge is -2.05. The standard InChI is InChI=1S/C22H14Cl2N2O2/c23-17-7-4-8-18(24)21(17)22(27)25-20-13-19(28-26-20)16-11-9-15(10-12-16)14-5-2-1-3-6-14/h1-13H,(H,25,26,27). The predicted octanol–water partition coefficient (Wildman–Crippen LogP) is 6.57. The van der Waals surface area contributed by atoms with E-state index in [0.717, 1.165) is 16.7 Å². The molecule has 0 atom stereocenters. The van der Waals surface area contributed by atoms with Crippen LogP contribution >= 0.6 is 23.2 Å². The summed E-state index contributed by atoms with van der Waals surface area (Å²) in [5, 5.41) is 7.10. The van der Waals surface area contributed by atoms with Gasteiger partial charge in [0.05, 0.1) is 15.6 Å². The Balaban J connectivity index is 1.52. The summed E-state index contributed by atoms with van der Waals surface area (Å²) in [7, 11) is 0. The van der Waals surface area contributed by atoms with Gasteiger partial charge in [-0.2, -0.15) is 0 Å². The summed E-state index contributed by atoms with van der Waals surface area (Å²) in [5.74, 6) is 0.373. The minimum atomic E-state index is -0.449. The summed E-state index contributed by atoms with van der Waals surface area (Å²) in [6.07, 6.45) is 0. The number of aromatic nitrogens is 1. The van der Waals surface area contributed by atoms with Gasteiger partial charge in [0, 0.05) is 11.6 Å². The number of hydrogen-bond acceptors (Lipinski definition) is 3. The first-order valence-electron chi connectivity index (χ1n) is 8.50. The molecular weight excluding hydrogens is 395 g/mol. The fraction of sp³-hybridized carbons (Fsp3) is 0. The summed E-state index contributed by atoms with van der Waals surface area (Å²) < 4.78 is 5.36. The van der Waals surface area contributed by atoms with Crippen LogP contribution in [0.3, 0.4) is 0 Å². The maximum Gasteiger partial charge on any atom is 0.259 e. The molecule has 1 aromatic heterocycles. The monoisotopic (exact) mass is 408 g/mol. The van der Waals surface area contributed by atoms with Crippen LogP contribution in [0.5, 0.6) is 0 Å². The molecule has 0 aliphatic carbocycles. The topological polar surface area (TPSA) is 55.1 Å². The van der Waals surface area contributed by atoms with Crippen molar-refractivity contribution < 1.29 is 9.32 Å². The highest BCUT2D eigenvalue weighted by Gasteiger charge is 2.17. The summed E-state index contributed by atoms with van der Waals surface area (Å²) in [6.45, 7) is 0. The van der Waals surface area contributed by atoms with E-state index < -0.39 is 5.91 Å². The van der Waals surface area contributed by atoms with Crippen LogP contribution in [0.4, 0.5) is 5.82 Å². The number of nitrogens with zero attached hydrogens (tertiary/aromatic N) is 1. The van der Waals surface area contributed by atoms with Crippen LogP contribution in [0.15, 0.2) is 83.4 Å². The van der Waals surface area contributed by atoms with Gasteiger partial charge in [-0.25, -0.2) is 0 Å². The SMILES string of the molecule is O=C(Nc1cc(-c2ccc(-c3ccccc3)cc2)on1)c1c(Cl)cccc1Cl. The van der Waals surface area contributed by atoms with Crippen molar-refractivity contribution in [3.05, 3.63) is 94.5 Å². The molecule has 0 saturated carbocycles. The molecule has 4 nitrogen and oxygen atoms in total. The molecule has 0 fully saturated rings. The fourth-order valence-corrected chi connectivity index (χ4v) is 3.39. The van der Waals surface area contributed by atoms with Crippen molar-refractivity contribution in [3.63, 3.8) is 0 Å². The van der Waals surface area contributed by atoms with Crippen LogP contribution in [-0.2, 0) is 0 Å². The van der Waals surface area contributed by atoms with E-state index in [1.54, 1.807) is 24.3 Å². The molecule has 28 heavy (non-hydrogen) atoms. The molecule has 6 heteroatoms. The molecule has 0 aliphatic heterocycles. The molecule has 1 amide bonds. The number of benzene rings is 3. The van der Waals surface area contributed by atoms with Gasteiger partial charge in [-0.3, -0.25) is 4.79 Å². The molecule has 0 radical (unpaired) electrons. The Labute approximate surface area is 171 Å². The van der Waals surface area contributed by atoms with Crippen molar-refractivity contribution >= 4 is 34.9 Å². The first-order chi connectivity index (χ1) is 13.6. The zero-order chi connectivity index (χ0) is 19.5. The van der Waals surface area contributed by atoms with Crippen molar-refractivity contribution in [3.8, 4) is 22.5 Å².